The van der Waals surface area contributed by atoms with Crippen molar-refractivity contribution in [1.29, 1.82) is 0 Å². The van der Waals surface area contributed by atoms with Crippen molar-refractivity contribution in [2.24, 2.45) is 0 Å². The molecule has 1 aromatic carbocycles. The summed E-state index contributed by atoms with van der Waals surface area (Å²) in [6, 6.07) is 6.03. The van der Waals surface area contributed by atoms with Gasteiger partial charge in [-0.15, -0.1) is 0 Å². The molecule has 1 N–H and O–H groups in total. The summed E-state index contributed by atoms with van der Waals surface area (Å²) < 4.78 is 0. The van der Waals surface area contributed by atoms with E-state index in [0.717, 1.165) is 11.1 Å². The predicted molar refractivity (Wildman–Crippen MR) is 57.3 cm³/mol. The average molecular weight is 194 g/mol. The van der Waals surface area contributed by atoms with Crippen LogP contribution in [0.3, 0.4) is 0 Å². The minimum atomic E-state index is 0.502. The van der Waals surface area contributed by atoms with Gasteiger partial charge < -0.3 is 5.11 Å². The van der Waals surface area contributed by atoms with Crippen molar-refractivity contribution in [1.82, 2.24) is 0 Å². The summed E-state index contributed by atoms with van der Waals surface area (Å²) in [4.78, 5) is 0. The van der Waals surface area contributed by atoms with E-state index in [2.05, 4.69) is 0 Å². The molecule has 0 aliphatic carbocycles. The van der Waals surface area contributed by atoms with Gasteiger partial charge in [0.15, 0.2) is 0 Å². The number of phenols is 1. The van der Waals surface area contributed by atoms with Gasteiger partial charge in [0.25, 0.3) is 0 Å². The largest absolute Gasteiger partial charge is 0.507 e. The van der Waals surface area contributed by atoms with E-state index >= 15 is 0 Å². The third-order valence-corrected chi connectivity index (χ3v) is 3.96. The molecule has 2 heteroatoms. The van der Waals surface area contributed by atoms with E-state index in [1.807, 2.05) is 36.9 Å². The first kappa shape index (κ1) is 8.95. The molecule has 0 spiro atoms. The minimum Gasteiger partial charge on any atom is -0.507 e. The Morgan fingerprint density at radius 3 is 3.00 bits per heavy atom. The van der Waals surface area contributed by atoms with Crippen LogP contribution in [0, 0.1) is 6.92 Å². The molecule has 1 aromatic rings. The highest BCUT2D eigenvalue weighted by Crippen LogP contribution is 2.43. The van der Waals surface area contributed by atoms with Crippen LogP contribution >= 0.6 is 11.8 Å². The molecule has 1 nitrogen and oxygen atoms in total. The number of phenolic OH excluding ortho intramolecular Hbond substituents is 1. The van der Waals surface area contributed by atoms with E-state index in [4.69, 9.17) is 0 Å². The molecule has 0 amide bonds. The van der Waals surface area contributed by atoms with Crippen LogP contribution in [0.15, 0.2) is 18.2 Å². The molecular formula is C11H14OS. The fourth-order valence-electron chi connectivity index (χ4n) is 1.76. The molecule has 2 rings (SSSR count). The Morgan fingerprint density at radius 2 is 2.31 bits per heavy atom. The summed E-state index contributed by atoms with van der Waals surface area (Å²) in [5.41, 5.74) is 2.12. The molecule has 1 saturated heterocycles. The third-order valence-electron chi connectivity index (χ3n) is 2.55. The number of rotatable bonds is 1. The van der Waals surface area contributed by atoms with Gasteiger partial charge in [-0.25, -0.2) is 0 Å². The lowest BCUT2D eigenvalue weighted by atomic mass is 10.0. The molecule has 1 aliphatic rings. The van der Waals surface area contributed by atoms with Crippen LogP contribution in [0.25, 0.3) is 0 Å². The summed E-state index contributed by atoms with van der Waals surface area (Å²) in [6.07, 6.45) is 2.49. The lowest BCUT2D eigenvalue weighted by Gasteiger charge is -2.12. The molecule has 0 saturated carbocycles. The minimum absolute atomic E-state index is 0.502. The van der Waals surface area contributed by atoms with E-state index in [1.165, 1.54) is 18.6 Å². The maximum atomic E-state index is 9.84. The SMILES string of the molecule is Cc1cccc(C2CCCS2)c1O. The molecule has 70 valence electrons. The smallest absolute Gasteiger partial charge is 0.122 e. The second-order valence-electron chi connectivity index (χ2n) is 3.51. The van der Waals surface area contributed by atoms with Crippen molar-refractivity contribution in [3.05, 3.63) is 29.3 Å². The van der Waals surface area contributed by atoms with E-state index < -0.39 is 0 Å². The zero-order valence-corrected chi connectivity index (χ0v) is 8.60. The summed E-state index contributed by atoms with van der Waals surface area (Å²) in [6.45, 7) is 1.96. The van der Waals surface area contributed by atoms with Crippen molar-refractivity contribution >= 4 is 11.8 Å². The van der Waals surface area contributed by atoms with Gasteiger partial charge in [0.05, 0.1) is 0 Å². The van der Waals surface area contributed by atoms with Crippen molar-refractivity contribution < 1.29 is 5.11 Å². The van der Waals surface area contributed by atoms with Gasteiger partial charge in [-0.3, -0.25) is 0 Å². The normalized spacial score (nSPS) is 22.1. The van der Waals surface area contributed by atoms with Crippen molar-refractivity contribution in [3.63, 3.8) is 0 Å². The summed E-state index contributed by atoms with van der Waals surface area (Å²) >= 11 is 1.96. The fourth-order valence-corrected chi connectivity index (χ4v) is 3.09. The number of para-hydroxylation sites is 1. The number of thioether (sulfide) groups is 1. The van der Waals surface area contributed by atoms with Gasteiger partial charge in [0.2, 0.25) is 0 Å². The summed E-state index contributed by atoms with van der Waals surface area (Å²) in [7, 11) is 0. The Labute approximate surface area is 83.2 Å². The highest BCUT2D eigenvalue weighted by molar-refractivity contribution is 7.99. The Morgan fingerprint density at radius 1 is 1.46 bits per heavy atom. The molecule has 0 bridgehead atoms. The van der Waals surface area contributed by atoms with Crippen LogP contribution in [0.5, 0.6) is 5.75 Å². The molecule has 1 fully saturated rings. The molecule has 1 aliphatic heterocycles. The molecule has 1 unspecified atom stereocenters. The third kappa shape index (κ3) is 1.68. The lowest BCUT2D eigenvalue weighted by molar-refractivity contribution is 0.463. The maximum Gasteiger partial charge on any atom is 0.122 e. The molecule has 0 radical (unpaired) electrons. The van der Waals surface area contributed by atoms with Crippen LogP contribution < -0.4 is 0 Å². The number of aromatic hydroxyl groups is 1. The van der Waals surface area contributed by atoms with Crippen molar-refractivity contribution in [2.75, 3.05) is 5.75 Å². The maximum absolute atomic E-state index is 9.84. The van der Waals surface area contributed by atoms with Crippen LogP contribution in [-0.4, -0.2) is 10.9 Å². The Kier molecular flexibility index (Phi) is 2.49. The number of hydrogen-bond acceptors (Lipinski definition) is 2. The molecule has 0 aromatic heterocycles. The van der Waals surface area contributed by atoms with Crippen molar-refractivity contribution in [3.8, 4) is 5.75 Å². The Bertz CT molecular complexity index is 303. The van der Waals surface area contributed by atoms with Gasteiger partial charge in [0.1, 0.15) is 5.75 Å². The first-order valence-corrected chi connectivity index (χ1v) is 5.74. The van der Waals surface area contributed by atoms with Gasteiger partial charge in [0, 0.05) is 10.8 Å². The summed E-state index contributed by atoms with van der Waals surface area (Å²) in [5.74, 6) is 1.74. The first-order chi connectivity index (χ1) is 6.29. The number of hydrogen-bond donors (Lipinski definition) is 1. The highest BCUT2D eigenvalue weighted by Gasteiger charge is 2.20. The monoisotopic (exact) mass is 194 g/mol. The van der Waals surface area contributed by atoms with Gasteiger partial charge in [-0.2, -0.15) is 11.8 Å². The number of aryl methyl sites for hydroxylation is 1. The lowest BCUT2D eigenvalue weighted by Crippen LogP contribution is -1.90. The van der Waals surface area contributed by atoms with Gasteiger partial charge in [-0.05, 0) is 31.1 Å². The Balaban J connectivity index is 2.33. The molecule has 13 heavy (non-hydrogen) atoms. The van der Waals surface area contributed by atoms with Gasteiger partial charge >= 0.3 is 0 Å². The van der Waals surface area contributed by atoms with Crippen LogP contribution in [0.1, 0.15) is 29.2 Å². The zero-order valence-electron chi connectivity index (χ0n) is 7.79. The quantitative estimate of drug-likeness (QED) is 0.740. The van der Waals surface area contributed by atoms with E-state index in [-0.39, 0.29) is 0 Å². The van der Waals surface area contributed by atoms with Gasteiger partial charge in [-0.1, -0.05) is 18.2 Å². The first-order valence-electron chi connectivity index (χ1n) is 4.69. The van der Waals surface area contributed by atoms with Crippen LogP contribution in [-0.2, 0) is 0 Å². The standard InChI is InChI=1S/C11H14OS/c1-8-4-2-5-9(11(8)12)10-6-3-7-13-10/h2,4-5,10,12H,3,6-7H2,1H3. The zero-order chi connectivity index (χ0) is 9.26. The fraction of sp³-hybridized carbons (Fsp3) is 0.455. The second kappa shape index (κ2) is 3.62. The summed E-state index contributed by atoms with van der Waals surface area (Å²) in [5, 5.41) is 10.4. The van der Waals surface area contributed by atoms with Crippen LogP contribution in [0.2, 0.25) is 0 Å². The van der Waals surface area contributed by atoms with Crippen molar-refractivity contribution in [2.45, 2.75) is 25.0 Å². The average Bonchev–Trinajstić information content (AvgIpc) is 2.62. The molecular weight excluding hydrogens is 180 g/mol. The van der Waals surface area contributed by atoms with E-state index in [9.17, 15) is 5.11 Å². The topological polar surface area (TPSA) is 20.2 Å². The predicted octanol–water partition coefficient (Wildman–Crippen LogP) is 3.27. The van der Waals surface area contributed by atoms with E-state index in [1.54, 1.807) is 0 Å². The molecule has 1 heterocycles. The van der Waals surface area contributed by atoms with Crippen LogP contribution in [0.4, 0.5) is 0 Å². The van der Waals surface area contributed by atoms with E-state index in [0.29, 0.717) is 11.0 Å². The second-order valence-corrected chi connectivity index (χ2v) is 4.83. The number of benzene rings is 1. The highest BCUT2D eigenvalue weighted by atomic mass is 32.2. The molecule has 1 atom stereocenters. The Hall–Kier alpha value is -0.630.